The third kappa shape index (κ3) is 3.14. The Balaban J connectivity index is 2.19. The van der Waals surface area contributed by atoms with E-state index in [-0.39, 0.29) is 5.69 Å². The molecule has 0 spiro atoms. The summed E-state index contributed by atoms with van der Waals surface area (Å²) in [4.78, 5) is 27.9. The van der Waals surface area contributed by atoms with Crippen LogP contribution in [0.5, 0.6) is 0 Å². The SMILES string of the molecule is CCC(CC)(NC(=O)c1csc(-c2ccsc2)n1)C(=O)O. The molecular weight excluding hydrogens is 308 g/mol. The van der Waals surface area contributed by atoms with Gasteiger partial charge < -0.3 is 10.4 Å². The van der Waals surface area contributed by atoms with E-state index >= 15 is 0 Å². The van der Waals surface area contributed by atoms with Crippen LogP contribution >= 0.6 is 22.7 Å². The molecule has 1 amide bonds. The second-order valence-electron chi connectivity index (χ2n) is 4.60. The van der Waals surface area contributed by atoms with Crippen LogP contribution in [0.15, 0.2) is 22.2 Å². The Bertz CT molecular complexity index is 630. The number of thiophene rings is 1. The van der Waals surface area contributed by atoms with Crippen LogP contribution in [-0.2, 0) is 4.79 Å². The van der Waals surface area contributed by atoms with Crippen LogP contribution in [0.4, 0.5) is 0 Å². The molecule has 0 aromatic carbocycles. The zero-order valence-electron chi connectivity index (χ0n) is 11.8. The number of carbonyl (C=O) groups excluding carboxylic acids is 1. The molecule has 0 bridgehead atoms. The molecule has 0 saturated heterocycles. The Morgan fingerprint density at radius 3 is 2.57 bits per heavy atom. The minimum atomic E-state index is -1.23. The summed E-state index contributed by atoms with van der Waals surface area (Å²) in [5, 5.41) is 18.3. The summed E-state index contributed by atoms with van der Waals surface area (Å²) in [6, 6.07) is 1.94. The first-order valence-electron chi connectivity index (χ1n) is 6.56. The summed E-state index contributed by atoms with van der Waals surface area (Å²) < 4.78 is 0. The summed E-state index contributed by atoms with van der Waals surface area (Å²) in [5.74, 6) is -1.46. The van der Waals surface area contributed by atoms with Crippen molar-refractivity contribution in [2.75, 3.05) is 0 Å². The van der Waals surface area contributed by atoms with Crippen molar-refractivity contribution in [1.29, 1.82) is 0 Å². The first-order chi connectivity index (χ1) is 10.0. The van der Waals surface area contributed by atoms with Crippen molar-refractivity contribution in [2.24, 2.45) is 0 Å². The predicted molar refractivity (Wildman–Crippen MR) is 83.8 cm³/mol. The summed E-state index contributed by atoms with van der Waals surface area (Å²) in [6.45, 7) is 3.49. The minimum Gasteiger partial charge on any atom is -0.480 e. The number of carboxylic acids is 1. The molecule has 0 aliphatic rings. The lowest BCUT2D eigenvalue weighted by Gasteiger charge is -2.27. The molecule has 2 heterocycles. The fourth-order valence-corrected chi connectivity index (χ4v) is 3.47. The molecule has 2 N–H and O–H groups in total. The summed E-state index contributed by atoms with van der Waals surface area (Å²) in [5.41, 5.74) is -0.00303. The monoisotopic (exact) mass is 324 g/mol. The maximum absolute atomic E-state index is 12.2. The Kier molecular flexibility index (Phi) is 4.74. The molecule has 112 valence electrons. The van der Waals surface area contributed by atoms with E-state index in [0.717, 1.165) is 10.6 Å². The highest BCUT2D eigenvalue weighted by atomic mass is 32.1. The van der Waals surface area contributed by atoms with Crippen LogP contribution in [0.3, 0.4) is 0 Å². The van der Waals surface area contributed by atoms with Crippen molar-refractivity contribution in [2.45, 2.75) is 32.2 Å². The van der Waals surface area contributed by atoms with Gasteiger partial charge in [0.25, 0.3) is 5.91 Å². The number of amides is 1. The number of nitrogens with one attached hydrogen (secondary N) is 1. The maximum Gasteiger partial charge on any atom is 0.329 e. The molecule has 7 heteroatoms. The molecule has 0 aliphatic heterocycles. The van der Waals surface area contributed by atoms with Crippen LogP contribution < -0.4 is 5.32 Å². The maximum atomic E-state index is 12.2. The third-order valence-corrected chi connectivity index (χ3v) is 5.05. The van der Waals surface area contributed by atoms with Crippen LogP contribution in [-0.4, -0.2) is 27.5 Å². The van der Waals surface area contributed by atoms with Gasteiger partial charge in [0.2, 0.25) is 0 Å². The number of hydrogen-bond acceptors (Lipinski definition) is 5. The lowest BCUT2D eigenvalue weighted by Crippen LogP contribution is -2.53. The van der Waals surface area contributed by atoms with Crippen LogP contribution in [0.1, 0.15) is 37.2 Å². The Morgan fingerprint density at radius 1 is 1.33 bits per heavy atom. The van der Waals surface area contributed by atoms with Crippen molar-refractivity contribution in [1.82, 2.24) is 10.3 Å². The minimum absolute atomic E-state index is 0.258. The van der Waals surface area contributed by atoms with Crippen molar-refractivity contribution in [3.8, 4) is 10.6 Å². The van der Waals surface area contributed by atoms with Gasteiger partial charge in [0.15, 0.2) is 0 Å². The van der Waals surface area contributed by atoms with Gasteiger partial charge in [0, 0.05) is 16.3 Å². The summed E-state index contributed by atoms with van der Waals surface area (Å²) in [6.07, 6.45) is 0.651. The van der Waals surface area contributed by atoms with Crippen molar-refractivity contribution in [3.63, 3.8) is 0 Å². The van der Waals surface area contributed by atoms with Crippen molar-refractivity contribution < 1.29 is 14.7 Å². The average molecular weight is 324 g/mol. The fraction of sp³-hybridized carbons (Fsp3) is 0.357. The highest BCUT2D eigenvalue weighted by molar-refractivity contribution is 7.14. The number of rotatable bonds is 6. The Labute approximate surface area is 130 Å². The van der Waals surface area contributed by atoms with Gasteiger partial charge in [-0.3, -0.25) is 4.79 Å². The molecule has 2 aromatic rings. The number of nitrogens with zero attached hydrogens (tertiary/aromatic N) is 1. The number of thiazole rings is 1. The van der Waals surface area contributed by atoms with Gasteiger partial charge in [-0.25, -0.2) is 9.78 Å². The van der Waals surface area contributed by atoms with Gasteiger partial charge in [-0.2, -0.15) is 11.3 Å². The van der Waals surface area contributed by atoms with Crippen molar-refractivity contribution in [3.05, 3.63) is 27.9 Å². The number of aliphatic carboxylic acids is 1. The lowest BCUT2D eigenvalue weighted by molar-refractivity contribution is -0.144. The van der Waals surface area contributed by atoms with Gasteiger partial charge in [0.1, 0.15) is 16.2 Å². The van der Waals surface area contributed by atoms with Crippen LogP contribution in [0.2, 0.25) is 0 Å². The van der Waals surface area contributed by atoms with E-state index in [9.17, 15) is 14.7 Å². The van der Waals surface area contributed by atoms with Gasteiger partial charge in [-0.15, -0.1) is 11.3 Å². The molecule has 2 rings (SSSR count). The molecule has 21 heavy (non-hydrogen) atoms. The van der Waals surface area contributed by atoms with Gasteiger partial charge in [-0.1, -0.05) is 13.8 Å². The lowest BCUT2D eigenvalue weighted by atomic mass is 9.93. The Morgan fingerprint density at radius 2 is 2.05 bits per heavy atom. The molecular formula is C14H16N2O3S2. The van der Waals surface area contributed by atoms with Gasteiger partial charge in [0.05, 0.1) is 0 Å². The van der Waals surface area contributed by atoms with E-state index in [1.165, 1.54) is 11.3 Å². The summed E-state index contributed by atoms with van der Waals surface area (Å²) >= 11 is 2.93. The van der Waals surface area contributed by atoms with Crippen LogP contribution in [0, 0.1) is 0 Å². The van der Waals surface area contributed by atoms with E-state index in [1.54, 1.807) is 30.6 Å². The number of aromatic nitrogens is 1. The largest absolute Gasteiger partial charge is 0.480 e. The molecule has 0 unspecified atom stereocenters. The molecule has 0 radical (unpaired) electrons. The van der Waals surface area contributed by atoms with Crippen LogP contribution in [0.25, 0.3) is 10.6 Å². The van der Waals surface area contributed by atoms with E-state index in [0.29, 0.717) is 12.8 Å². The standard InChI is InChI=1S/C14H16N2O3S2/c1-3-14(4-2,13(18)19)16-11(17)10-8-21-12(15-10)9-5-6-20-7-9/h5-8H,3-4H2,1-2H3,(H,16,17)(H,18,19). The van der Waals surface area contributed by atoms with E-state index in [2.05, 4.69) is 10.3 Å². The summed E-state index contributed by atoms with van der Waals surface area (Å²) in [7, 11) is 0. The first-order valence-corrected chi connectivity index (χ1v) is 8.38. The molecule has 0 fully saturated rings. The second kappa shape index (κ2) is 6.36. The molecule has 0 saturated carbocycles. The molecule has 2 aromatic heterocycles. The van der Waals surface area contributed by atoms with Crippen molar-refractivity contribution >= 4 is 34.6 Å². The molecule has 0 atom stereocenters. The molecule has 5 nitrogen and oxygen atoms in total. The number of hydrogen-bond donors (Lipinski definition) is 2. The van der Waals surface area contributed by atoms with Gasteiger partial charge >= 0.3 is 5.97 Å². The first kappa shape index (κ1) is 15.7. The third-order valence-electron chi connectivity index (χ3n) is 3.47. The predicted octanol–water partition coefficient (Wildman–Crippen LogP) is 3.24. The smallest absolute Gasteiger partial charge is 0.329 e. The number of carboxylic acid groups (broad SMARTS) is 1. The molecule has 0 aliphatic carbocycles. The topological polar surface area (TPSA) is 79.3 Å². The highest BCUT2D eigenvalue weighted by Gasteiger charge is 2.37. The zero-order chi connectivity index (χ0) is 15.5. The highest BCUT2D eigenvalue weighted by Crippen LogP contribution is 2.26. The zero-order valence-corrected chi connectivity index (χ0v) is 13.4. The average Bonchev–Trinajstić information content (AvgIpc) is 3.13. The Hall–Kier alpha value is -1.73. The van der Waals surface area contributed by atoms with Gasteiger partial charge in [-0.05, 0) is 24.3 Å². The normalized spacial score (nSPS) is 11.3. The second-order valence-corrected chi connectivity index (χ2v) is 6.24. The van der Waals surface area contributed by atoms with E-state index < -0.39 is 17.4 Å². The van der Waals surface area contributed by atoms with E-state index in [4.69, 9.17) is 0 Å². The fourth-order valence-electron chi connectivity index (χ4n) is 1.96. The number of carbonyl (C=O) groups is 2. The quantitative estimate of drug-likeness (QED) is 0.855. The van der Waals surface area contributed by atoms with E-state index in [1.807, 2.05) is 16.8 Å².